The van der Waals surface area contributed by atoms with Gasteiger partial charge >= 0.3 is 5.97 Å². The molecule has 130 valence electrons. The highest BCUT2D eigenvalue weighted by molar-refractivity contribution is 5.97. The van der Waals surface area contributed by atoms with Crippen molar-refractivity contribution in [2.45, 2.75) is 45.1 Å². The summed E-state index contributed by atoms with van der Waals surface area (Å²) in [6, 6.07) is 3.20. The quantitative estimate of drug-likeness (QED) is 0.736. The molecule has 0 spiro atoms. The largest absolute Gasteiger partial charge is 0.481 e. The smallest absolute Gasteiger partial charge is 0.308 e. The second-order valence-corrected chi connectivity index (χ2v) is 6.04. The number of anilines is 1. The number of carbonyl (C=O) groups is 3. The number of carboxylic acids is 1. The average molecular weight is 336 g/mol. The Bertz CT molecular complexity index is 647. The zero-order chi connectivity index (χ0) is 17.7. The minimum Gasteiger partial charge on any atom is -0.481 e. The van der Waals surface area contributed by atoms with Crippen LogP contribution in [0.5, 0.6) is 0 Å². The van der Waals surface area contributed by atoms with E-state index >= 15 is 0 Å². The third kappa shape index (κ3) is 4.53. The van der Waals surface area contributed by atoms with E-state index in [2.05, 4.69) is 10.6 Å². The van der Waals surface area contributed by atoms with Gasteiger partial charge in [-0.05, 0) is 31.0 Å². The SMILES string of the molecule is CC(=O)Nc1cc(C(=O)N[C@H]2CCCCC[C@H]2C(=O)O)ccc1F. The minimum atomic E-state index is -0.916. The summed E-state index contributed by atoms with van der Waals surface area (Å²) in [6.07, 6.45) is 3.75. The Balaban J connectivity index is 2.15. The molecule has 24 heavy (non-hydrogen) atoms. The first-order chi connectivity index (χ1) is 11.4. The molecule has 7 heteroatoms. The molecule has 1 aromatic rings. The van der Waals surface area contributed by atoms with Crippen LogP contribution in [0.3, 0.4) is 0 Å². The van der Waals surface area contributed by atoms with Crippen LogP contribution in [0.1, 0.15) is 49.4 Å². The van der Waals surface area contributed by atoms with Gasteiger partial charge in [0.25, 0.3) is 5.91 Å². The van der Waals surface area contributed by atoms with Gasteiger partial charge in [-0.3, -0.25) is 14.4 Å². The lowest BCUT2D eigenvalue weighted by atomic mass is 9.94. The lowest BCUT2D eigenvalue weighted by molar-refractivity contribution is -0.142. The van der Waals surface area contributed by atoms with Crippen LogP contribution in [-0.2, 0) is 9.59 Å². The van der Waals surface area contributed by atoms with Gasteiger partial charge in [0.2, 0.25) is 5.91 Å². The summed E-state index contributed by atoms with van der Waals surface area (Å²) in [6.45, 7) is 1.25. The molecule has 2 atom stereocenters. The van der Waals surface area contributed by atoms with Crippen molar-refractivity contribution in [1.29, 1.82) is 0 Å². The van der Waals surface area contributed by atoms with E-state index in [0.717, 1.165) is 25.3 Å². The molecule has 1 aliphatic carbocycles. The van der Waals surface area contributed by atoms with Crippen LogP contribution in [0.25, 0.3) is 0 Å². The van der Waals surface area contributed by atoms with Gasteiger partial charge in [0.1, 0.15) is 5.82 Å². The number of aliphatic carboxylic acids is 1. The summed E-state index contributed by atoms with van der Waals surface area (Å²) in [5.74, 6) is -3.09. The summed E-state index contributed by atoms with van der Waals surface area (Å²) in [5, 5.41) is 14.4. The van der Waals surface area contributed by atoms with E-state index in [1.807, 2.05) is 0 Å². The number of rotatable bonds is 4. The van der Waals surface area contributed by atoms with Crippen LogP contribution in [0.15, 0.2) is 18.2 Å². The van der Waals surface area contributed by atoms with Gasteiger partial charge in [-0.2, -0.15) is 0 Å². The van der Waals surface area contributed by atoms with Crippen molar-refractivity contribution in [1.82, 2.24) is 5.32 Å². The molecule has 1 fully saturated rings. The van der Waals surface area contributed by atoms with E-state index in [1.165, 1.54) is 19.1 Å². The van der Waals surface area contributed by atoms with Crippen LogP contribution < -0.4 is 10.6 Å². The number of benzene rings is 1. The molecule has 0 saturated heterocycles. The van der Waals surface area contributed by atoms with Crippen molar-refractivity contribution in [2.24, 2.45) is 5.92 Å². The number of hydrogen-bond acceptors (Lipinski definition) is 3. The van der Waals surface area contributed by atoms with Gasteiger partial charge in [-0.1, -0.05) is 19.3 Å². The van der Waals surface area contributed by atoms with E-state index in [1.54, 1.807) is 0 Å². The molecule has 6 nitrogen and oxygen atoms in total. The van der Waals surface area contributed by atoms with Crippen molar-refractivity contribution >= 4 is 23.5 Å². The highest BCUT2D eigenvalue weighted by Gasteiger charge is 2.30. The normalized spacial score (nSPS) is 20.8. The maximum absolute atomic E-state index is 13.6. The standard InChI is InChI=1S/C17H21FN2O4/c1-10(21)19-15-9-11(7-8-13(15)18)16(22)20-14-6-4-2-3-5-12(14)17(23)24/h7-9,12,14H,2-6H2,1H3,(H,19,21)(H,20,22)(H,23,24)/t12-,14+/m1/s1. The number of halogens is 1. The Morgan fingerprint density at radius 1 is 1.17 bits per heavy atom. The Hall–Kier alpha value is -2.44. The van der Waals surface area contributed by atoms with Crippen molar-refractivity contribution in [3.8, 4) is 0 Å². The summed E-state index contributed by atoms with van der Waals surface area (Å²) >= 11 is 0. The van der Waals surface area contributed by atoms with Crippen LogP contribution >= 0.6 is 0 Å². The predicted octanol–water partition coefficient (Wildman–Crippen LogP) is 2.55. The Morgan fingerprint density at radius 3 is 2.54 bits per heavy atom. The number of amides is 2. The molecule has 0 aromatic heterocycles. The summed E-state index contributed by atoms with van der Waals surface area (Å²) in [7, 11) is 0. The van der Waals surface area contributed by atoms with Crippen molar-refractivity contribution in [2.75, 3.05) is 5.32 Å². The highest BCUT2D eigenvalue weighted by atomic mass is 19.1. The second kappa shape index (κ2) is 7.90. The van der Waals surface area contributed by atoms with Crippen molar-refractivity contribution < 1.29 is 23.9 Å². The topological polar surface area (TPSA) is 95.5 Å². The van der Waals surface area contributed by atoms with Crippen molar-refractivity contribution in [3.05, 3.63) is 29.6 Å². The van der Waals surface area contributed by atoms with Crippen LogP contribution in [-0.4, -0.2) is 28.9 Å². The molecule has 1 saturated carbocycles. The van der Waals surface area contributed by atoms with E-state index < -0.39 is 35.6 Å². The summed E-state index contributed by atoms with van der Waals surface area (Å²) in [4.78, 5) is 34.9. The fourth-order valence-electron chi connectivity index (χ4n) is 2.98. The van der Waals surface area contributed by atoms with Crippen LogP contribution in [0.4, 0.5) is 10.1 Å². The first-order valence-corrected chi connectivity index (χ1v) is 7.99. The molecule has 0 bridgehead atoms. The molecule has 0 radical (unpaired) electrons. The first kappa shape index (κ1) is 17.9. The number of hydrogen-bond donors (Lipinski definition) is 3. The average Bonchev–Trinajstić information content (AvgIpc) is 2.74. The summed E-state index contributed by atoms with van der Waals surface area (Å²) in [5.41, 5.74) is 0.0966. The molecule has 2 rings (SSSR count). The molecule has 0 heterocycles. The molecular formula is C17H21FN2O4. The predicted molar refractivity (Wildman–Crippen MR) is 86.2 cm³/mol. The van der Waals surface area contributed by atoms with E-state index in [4.69, 9.17) is 0 Å². The Labute approximate surface area is 139 Å². The minimum absolute atomic E-state index is 0.0780. The lowest BCUT2D eigenvalue weighted by Crippen LogP contribution is -2.42. The molecular weight excluding hydrogens is 315 g/mol. The first-order valence-electron chi connectivity index (χ1n) is 7.99. The molecule has 1 aromatic carbocycles. The number of carboxylic acid groups (broad SMARTS) is 1. The van der Waals surface area contributed by atoms with Gasteiger partial charge in [0.05, 0.1) is 11.6 Å². The van der Waals surface area contributed by atoms with E-state index in [-0.39, 0.29) is 11.3 Å². The van der Waals surface area contributed by atoms with Crippen molar-refractivity contribution in [3.63, 3.8) is 0 Å². The van der Waals surface area contributed by atoms with Gasteiger partial charge in [0.15, 0.2) is 0 Å². The third-order valence-corrected chi connectivity index (χ3v) is 4.19. The van der Waals surface area contributed by atoms with Crippen LogP contribution in [0, 0.1) is 11.7 Å². The lowest BCUT2D eigenvalue weighted by Gasteiger charge is -2.23. The van der Waals surface area contributed by atoms with E-state index in [0.29, 0.717) is 12.8 Å². The zero-order valence-electron chi connectivity index (χ0n) is 13.5. The molecule has 0 aliphatic heterocycles. The summed E-state index contributed by atoms with van der Waals surface area (Å²) < 4.78 is 13.6. The molecule has 0 unspecified atom stereocenters. The fourth-order valence-corrected chi connectivity index (χ4v) is 2.98. The maximum atomic E-state index is 13.6. The Morgan fingerprint density at radius 2 is 1.88 bits per heavy atom. The fraction of sp³-hybridized carbons (Fsp3) is 0.471. The van der Waals surface area contributed by atoms with Gasteiger partial charge < -0.3 is 15.7 Å². The number of nitrogens with one attached hydrogen (secondary N) is 2. The third-order valence-electron chi connectivity index (χ3n) is 4.19. The van der Waals surface area contributed by atoms with E-state index in [9.17, 15) is 23.9 Å². The van der Waals surface area contributed by atoms with Crippen LogP contribution in [0.2, 0.25) is 0 Å². The number of carbonyl (C=O) groups excluding carboxylic acids is 2. The maximum Gasteiger partial charge on any atom is 0.308 e. The second-order valence-electron chi connectivity index (χ2n) is 6.04. The zero-order valence-corrected chi connectivity index (χ0v) is 13.5. The van der Waals surface area contributed by atoms with Gasteiger partial charge in [-0.15, -0.1) is 0 Å². The molecule has 1 aliphatic rings. The van der Waals surface area contributed by atoms with Gasteiger partial charge in [0, 0.05) is 18.5 Å². The molecule has 3 N–H and O–H groups in total. The van der Waals surface area contributed by atoms with Gasteiger partial charge in [-0.25, -0.2) is 4.39 Å². The Kier molecular flexibility index (Phi) is 5.89. The molecule has 2 amide bonds. The monoisotopic (exact) mass is 336 g/mol. The highest BCUT2D eigenvalue weighted by Crippen LogP contribution is 2.24.